The highest BCUT2D eigenvalue weighted by Gasteiger charge is 2.21. The van der Waals surface area contributed by atoms with E-state index in [0.29, 0.717) is 10.9 Å². The zero-order chi connectivity index (χ0) is 9.03. The molecular weight excluding hydrogens is 168 g/mol. The van der Waals surface area contributed by atoms with Gasteiger partial charge in [0.05, 0.1) is 12.7 Å². The second-order valence-electron chi connectivity index (χ2n) is 4.18. The van der Waals surface area contributed by atoms with E-state index in [2.05, 4.69) is 20.1 Å². The molecule has 0 heterocycles. The fraction of sp³-hybridized carbons (Fsp3) is 1.00. The summed E-state index contributed by atoms with van der Waals surface area (Å²) in [7, 11) is 0. The molecule has 1 aliphatic carbocycles. The summed E-state index contributed by atoms with van der Waals surface area (Å²) >= 11 is 1.89. The van der Waals surface area contributed by atoms with Gasteiger partial charge in [-0.3, -0.25) is 0 Å². The third-order valence-corrected chi connectivity index (χ3v) is 3.74. The van der Waals surface area contributed by atoms with Crippen LogP contribution in [-0.4, -0.2) is 23.7 Å². The van der Waals surface area contributed by atoms with Crippen LogP contribution in [0.2, 0.25) is 0 Å². The largest absolute Gasteiger partial charge is 0.377 e. The van der Waals surface area contributed by atoms with E-state index in [1.54, 1.807) is 0 Å². The molecule has 0 radical (unpaired) electrons. The van der Waals surface area contributed by atoms with Gasteiger partial charge in [-0.05, 0) is 32.9 Å². The lowest BCUT2D eigenvalue weighted by atomic mass is 10.2. The lowest BCUT2D eigenvalue weighted by molar-refractivity contribution is 0.0479. The number of rotatable bonds is 4. The fourth-order valence-electron chi connectivity index (χ4n) is 1.43. The summed E-state index contributed by atoms with van der Waals surface area (Å²) in [5, 5.41) is 0. The molecular formula is C10H20OS. The molecule has 12 heavy (non-hydrogen) atoms. The number of hydrogen-bond donors (Lipinski definition) is 0. The molecule has 0 aromatic rings. The standard InChI is InChI=1S/C10H20OS/c1-10(2,12-3)8-11-9-6-4-5-7-9/h9H,4-8H2,1-3H3. The molecule has 0 bridgehead atoms. The molecule has 0 spiro atoms. The molecule has 0 atom stereocenters. The van der Waals surface area contributed by atoms with Crippen LogP contribution in [0.4, 0.5) is 0 Å². The first kappa shape index (κ1) is 10.4. The summed E-state index contributed by atoms with van der Waals surface area (Å²) in [5.74, 6) is 0. The molecule has 0 amide bonds. The Kier molecular flexibility index (Phi) is 3.91. The van der Waals surface area contributed by atoms with Crippen molar-refractivity contribution < 1.29 is 4.74 Å². The van der Waals surface area contributed by atoms with E-state index in [4.69, 9.17) is 4.74 Å². The van der Waals surface area contributed by atoms with Crippen LogP contribution in [0, 0.1) is 0 Å². The van der Waals surface area contributed by atoms with Crippen molar-refractivity contribution in [2.24, 2.45) is 0 Å². The molecule has 0 unspecified atom stereocenters. The van der Waals surface area contributed by atoms with Crippen LogP contribution in [0.15, 0.2) is 0 Å². The summed E-state index contributed by atoms with van der Waals surface area (Å²) in [4.78, 5) is 0. The SMILES string of the molecule is CSC(C)(C)COC1CCCC1. The summed E-state index contributed by atoms with van der Waals surface area (Å²) in [6.07, 6.45) is 8.01. The van der Waals surface area contributed by atoms with Crippen molar-refractivity contribution in [2.45, 2.75) is 50.4 Å². The Morgan fingerprint density at radius 2 is 1.92 bits per heavy atom. The predicted molar refractivity (Wildman–Crippen MR) is 55.8 cm³/mol. The van der Waals surface area contributed by atoms with Crippen molar-refractivity contribution in [2.75, 3.05) is 12.9 Å². The van der Waals surface area contributed by atoms with Crippen molar-refractivity contribution in [1.29, 1.82) is 0 Å². The molecule has 1 aliphatic rings. The van der Waals surface area contributed by atoms with E-state index in [1.165, 1.54) is 25.7 Å². The van der Waals surface area contributed by atoms with Crippen molar-refractivity contribution in [3.8, 4) is 0 Å². The van der Waals surface area contributed by atoms with Gasteiger partial charge in [0.2, 0.25) is 0 Å². The van der Waals surface area contributed by atoms with Crippen LogP contribution in [0.5, 0.6) is 0 Å². The summed E-state index contributed by atoms with van der Waals surface area (Å²) in [6, 6.07) is 0. The highest BCUT2D eigenvalue weighted by Crippen LogP contribution is 2.26. The van der Waals surface area contributed by atoms with Crippen LogP contribution in [0.1, 0.15) is 39.5 Å². The molecule has 1 fully saturated rings. The third-order valence-electron chi connectivity index (χ3n) is 2.52. The van der Waals surface area contributed by atoms with Crippen LogP contribution in [0.25, 0.3) is 0 Å². The third kappa shape index (κ3) is 3.36. The minimum absolute atomic E-state index is 0.294. The monoisotopic (exact) mass is 188 g/mol. The molecule has 0 aromatic carbocycles. The minimum Gasteiger partial charge on any atom is -0.377 e. The smallest absolute Gasteiger partial charge is 0.0611 e. The van der Waals surface area contributed by atoms with Gasteiger partial charge in [0.25, 0.3) is 0 Å². The van der Waals surface area contributed by atoms with Crippen LogP contribution in [-0.2, 0) is 4.74 Å². The summed E-state index contributed by atoms with van der Waals surface area (Å²) < 4.78 is 6.13. The molecule has 0 aliphatic heterocycles. The molecule has 1 nitrogen and oxygen atoms in total. The lowest BCUT2D eigenvalue weighted by Gasteiger charge is -2.24. The first-order chi connectivity index (χ1) is 5.64. The predicted octanol–water partition coefficient (Wildman–Crippen LogP) is 3.09. The quantitative estimate of drug-likeness (QED) is 0.670. The number of ether oxygens (including phenoxy) is 1. The average molecular weight is 188 g/mol. The second-order valence-corrected chi connectivity index (χ2v) is 5.69. The maximum atomic E-state index is 5.84. The minimum atomic E-state index is 0.294. The van der Waals surface area contributed by atoms with E-state index < -0.39 is 0 Å². The Hall–Kier alpha value is 0.310. The highest BCUT2D eigenvalue weighted by atomic mass is 32.2. The van der Waals surface area contributed by atoms with E-state index in [1.807, 2.05) is 11.8 Å². The van der Waals surface area contributed by atoms with Gasteiger partial charge in [0.15, 0.2) is 0 Å². The fourth-order valence-corrected chi connectivity index (χ4v) is 1.62. The van der Waals surface area contributed by atoms with Crippen molar-refractivity contribution in [3.63, 3.8) is 0 Å². The van der Waals surface area contributed by atoms with E-state index in [9.17, 15) is 0 Å². The number of thioether (sulfide) groups is 1. The Morgan fingerprint density at radius 1 is 1.33 bits per heavy atom. The second kappa shape index (κ2) is 4.52. The molecule has 0 N–H and O–H groups in total. The Balaban J connectivity index is 2.15. The Labute approximate surface area is 80.3 Å². The maximum Gasteiger partial charge on any atom is 0.0611 e. The normalized spacial score (nSPS) is 20.2. The first-order valence-electron chi connectivity index (χ1n) is 4.81. The van der Waals surface area contributed by atoms with E-state index >= 15 is 0 Å². The molecule has 72 valence electrons. The van der Waals surface area contributed by atoms with Crippen molar-refractivity contribution >= 4 is 11.8 Å². The van der Waals surface area contributed by atoms with E-state index in [-0.39, 0.29) is 0 Å². The topological polar surface area (TPSA) is 9.23 Å². The van der Waals surface area contributed by atoms with Gasteiger partial charge in [0.1, 0.15) is 0 Å². The van der Waals surface area contributed by atoms with Crippen molar-refractivity contribution in [3.05, 3.63) is 0 Å². The molecule has 1 saturated carbocycles. The maximum absolute atomic E-state index is 5.84. The van der Waals surface area contributed by atoms with Gasteiger partial charge in [-0.2, -0.15) is 11.8 Å². The zero-order valence-corrected chi connectivity index (χ0v) is 9.25. The molecule has 0 saturated heterocycles. The summed E-state index contributed by atoms with van der Waals surface area (Å²) in [5.41, 5.74) is 0. The van der Waals surface area contributed by atoms with Gasteiger partial charge >= 0.3 is 0 Å². The zero-order valence-electron chi connectivity index (χ0n) is 8.43. The van der Waals surface area contributed by atoms with Crippen molar-refractivity contribution in [1.82, 2.24) is 0 Å². The molecule has 2 heteroatoms. The average Bonchev–Trinajstić information content (AvgIpc) is 2.53. The van der Waals surface area contributed by atoms with Crippen LogP contribution in [0.3, 0.4) is 0 Å². The Morgan fingerprint density at radius 3 is 2.42 bits per heavy atom. The number of hydrogen-bond acceptors (Lipinski definition) is 2. The lowest BCUT2D eigenvalue weighted by Crippen LogP contribution is -2.25. The van der Waals surface area contributed by atoms with E-state index in [0.717, 1.165) is 6.61 Å². The van der Waals surface area contributed by atoms with Gasteiger partial charge in [-0.15, -0.1) is 0 Å². The van der Waals surface area contributed by atoms with Crippen LogP contribution < -0.4 is 0 Å². The van der Waals surface area contributed by atoms with Gasteiger partial charge in [-0.25, -0.2) is 0 Å². The first-order valence-corrected chi connectivity index (χ1v) is 6.03. The van der Waals surface area contributed by atoms with Gasteiger partial charge in [0, 0.05) is 4.75 Å². The highest BCUT2D eigenvalue weighted by molar-refractivity contribution is 7.99. The Bertz CT molecular complexity index is 128. The van der Waals surface area contributed by atoms with Crippen LogP contribution >= 0.6 is 11.8 Å². The van der Waals surface area contributed by atoms with Gasteiger partial charge < -0.3 is 4.74 Å². The summed E-state index contributed by atoms with van der Waals surface area (Å²) in [6.45, 7) is 5.39. The van der Waals surface area contributed by atoms with Gasteiger partial charge in [-0.1, -0.05) is 12.8 Å². The molecule has 0 aromatic heterocycles. The molecule has 1 rings (SSSR count).